The van der Waals surface area contributed by atoms with Crippen molar-refractivity contribution in [2.75, 3.05) is 0 Å². The lowest BCUT2D eigenvalue weighted by atomic mass is 9.83. The SMILES string of the molecule is O=C(O)/C=C/C1CCCc2ccccc21. The molecule has 1 aromatic rings. The van der Waals surface area contributed by atoms with E-state index in [2.05, 4.69) is 12.1 Å². The van der Waals surface area contributed by atoms with Gasteiger partial charge < -0.3 is 5.11 Å². The summed E-state index contributed by atoms with van der Waals surface area (Å²) >= 11 is 0. The molecule has 0 heterocycles. The van der Waals surface area contributed by atoms with Crippen LogP contribution in [-0.4, -0.2) is 11.1 Å². The van der Waals surface area contributed by atoms with E-state index < -0.39 is 5.97 Å². The zero-order valence-corrected chi connectivity index (χ0v) is 8.52. The third-order valence-electron chi connectivity index (χ3n) is 2.89. The van der Waals surface area contributed by atoms with Gasteiger partial charge in [0.15, 0.2) is 0 Å². The molecule has 1 aromatic carbocycles. The van der Waals surface area contributed by atoms with Crippen LogP contribution in [0.1, 0.15) is 29.9 Å². The summed E-state index contributed by atoms with van der Waals surface area (Å²) in [5, 5.41) is 8.61. The van der Waals surface area contributed by atoms with Crippen LogP contribution in [-0.2, 0) is 11.2 Å². The van der Waals surface area contributed by atoms with Crippen molar-refractivity contribution in [3.8, 4) is 0 Å². The average molecular weight is 202 g/mol. The van der Waals surface area contributed by atoms with Crippen LogP contribution in [0.5, 0.6) is 0 Å². The number of carbonyl (C=O) groups is 1. The number of aliphatic carboxylic acids is 1. The third-order valence-corrected chi connectivity index (χ3v) is 2.89. The van der Waals surface area contributed by atoms with Crippen LogP contribution in [0, 0.1) is 0 Å². The molecular formula is C13H14O2. The number of carboxylic acid groups (broad SMARTS) is 1. The van der Waals surface area contributed by atoms with Gasteiger partial charge in [-0.25, -0.2) is 4.79 Å². The van der Waals surface area contributed by atoms with Crippen LogP contribution in [0.3, 0.4) is 0 Å². The van der Waals surface area contributed by atoms with Crippen molar-refractivity contribution in [1.82, 2.24) is 0 Å². The van der Waals surface area contributed by atoms with Gasteiger partial charge in [0, 0.05) is 12.0 Å². The van der Waals surface area contributed by atoms with Crippen LogP contribution in [0.4, 0.5) is 0 Å². The largest absolute Gasteiger partial charge is 0.478 e. The first-order valence-electron chi connectivity index (χ1n) is 5.26. The fraction of sp³-hybridized carbons (Fsp3) is 0.308. The lowest BCUT2D eigenvalue weighted by molar-refractivity contribution is -0.131. The molecule has 0 fully saturated rings. The maximum atomic E-state index is 10.5. The molecule has 0 amide bonds. The Morgan fingerprint density at radius 2 is 2.20 bits per heavy atom. The third kappa shape index (κ3) is 2.27. The predicted molar refractivity (Wildman–Crippen MR) is 58.9 cm³/mol. The van der Waals surface area contributed by atoms with E-state index in [1.807, 2.05) is 12.1 Å². The fourth-order valence-corrected chi connectivity index (χ4v) is 2.19. The average Bonchev–Trinajstić information content (AvgIpc) is 2.26. The summed E-state index contributed by atoms with van der Waals surface area (Å²) < 4.78 is 0. The molecule has 0 spiro atoms. The van der Waals surface area contributed by atoms with Crippen LogP contribution >= 0.6 is 0 Å². The Balaban J connectivity index is 2.26. The number of hydrogen-bond donors (Lipinski definition) is 1. The highest BCUT2D eigenvalue weighted by Crippen LogP contribution is 2.32. The van der Waals surface area contributed by atoms with Gasteiger partial charge in [-0.3, -0.25) is 0 Å². The van der Waals surface area contributed by atoms with Gasteiger partial charge in [0.2, 0.25) is 0 Å². The van der Waals surface area contributed by atoms with Crippen molar-refractivity contribution in [1.29, 1.82) is 0 Å². The molecule has 0 saturated carbocycles. The zero-order chi connectivity index (χ0) is 10.7. The molecule has 2 heteroatoms. The summed E-state index contributed by atoms with van der Waals surface area (Å²) in [5.41, 5.74) is 2.66. The number of carboxylic acids is 1. The Morgan fingerprint density at radius 1 is 1.40 bits per heavy atom. The lowest BCUT2D eigenvalue weighted by Gasteiger charge is -2.22. The standard InChI is InChI=1S/C13H14O2/c14-13(15)9-8-11-6-3-5-10-4-1-2-7-12(10)11/h1-2,4,7-9,11H,3,5-6H2,(H,14,15)/b9-8+. The van der Waals surface area contributed by atoms with Gasteiger partial charge in [0.25, 0.3) is 0 Å². The van der Waals surface area contributed by atoms with E-state index in [1.165, 1.54) is 17.2 Å². The van der Waals surface area contributed by atoms with Crippen LogP contribution in [0.15, 0.2) is 36.4 Å². The first-order valence-corrected chi connectivity index (χ1v) is 5.26. The van der Waals surface area contributed by atoms with Crippen LogP contribution in [0.2, 0.25) is 0 Å². The van der Waals surface area contributed by atoms with Crippen LogP contribution < -0.4 is 0 Å². The Morgan fingerprint density at radius 3 is 3.00 bits per heavy atom. The van der Waals surface area contributed by atoms with E-state index in [0.717, 1.165) is 19.3 Å². The highest BCUT2D eigenvalue weighted by Gasteiger charge is 2.17. The van der Waals surface area contributed by atoms with Gasteiger partial charge >= 0.3 is 5.97 Å². The molecular weight excluding hydrogens is 188 g/mol. The molecule has 0 aromatic heterocycles. The van der Waals surface area contributed by atoms with E-state index in [1.54, 1.807) is 6.08 Å². The molecule has 0 saturated heterocycles. The Kier molecular flexibility index (Phi) is 2.86. The minimum atomic E-state index is -0.863. The fourth-order valence-electron chi connectivity index (χ4n) is 2.19. The van der Waals surface area contributed by atoms with E-state index >= 15 is 0 Å². The van der Waals surface area contributed by atoms with Gasteiger partial charge in [-0.05, 0) is 30.4 Å². The first-order chi connectivity index (χ1) is 7.27. The number of fused-ring (bicyclic) bond motifs is 1. The van der Waals surface area contributed by atoms with Crippen molar-refractivity contribution in [3.05, 3.63) is 47.5 Å². The number of hydrogen-bond acceptors (Lipinski definition) is 1. The predicted octanol–water partition coefficient (Wildman–Crippen LogP) is 2.75. The second kappa shape index (κ2) is 4.30. The summed E-state index contributed by atoms with van der Waals surface area (Å²) in [7, 11) is 0. The molecule has 1 N–H and O–H groups in total. The summed E-state index contributed by atoms with van der Waals surface area (Å²) in [6.07, 6.45) is 6.38. The number of benzene rings is 1. The number of allylic oxidation sites excluding steroid dienone is 1. The van der Waals surface area contributed by atoms with E-state index in [9.17, 15) is 4.79 Å². The van der Waals surface area contributed by atoms with Crippen LogP contribution in [0.25, 0.3) is 0 Å². The highest BCUT2D eigenvalue weighted by atomic mass is 16.4. The molecule has 1 aliphatic carbocycles. The quantitative estimate of drug-likeness (QED) is 0.749. The topological polar surface area (TPSA) is 37.3 Å². The summed E-state index contributed by atoms with van der Waals surface area (Å²) in [5.74, 6) is -0.580. The van der Waals surface area contributed by atoms with Crippen molar-refractivity contribution in [2.45, 2.75) is 25.2 Å². The number of aryl methyl sites for hydroxylation is 1. The van der Waals surface area contributed by atoms with Gasteiger partial charge in [-0.15, -0.1) is 0 Å². The second-order valence-electron chi connectivity index (χ2n) is 3.89. The van der Waals surface area contributed by atoms with Gasteiger partial charge in [0.05, 0.1) is 0 Å². The normalized spacial score (nSPS) is 20.1. The molecule has 1 aliphatic rings. The van der Waals surface area contributed by atoms with Crippen molar-refractivity contribution in [3.63, 3.8) is 0 Å². The van der Waals surface area contributed by atoms with Gasteiger partial charge in [-0.1, -0.05) is 30.3 Å². The zero-order valence-electron chi connectivity index (χ0n) is 8.52. The van der Waals surface area contributed by atoms with Crippen molar-refractivity contribution >= 4 is 5.97 Å². The maximum absolute atomic E-state index is 10.5. The molecule has 2 nitrogen and oxygen atoms in total. The van der Waals surface area contributed by atoms with E-state index in [-0.39, 0.29) is 5.92 Å². The molecule has 0 radical (unpaired) electrons. The minimum absolute atomic E-state index is 0.283. The molecule has 0 aliphatic heterocycles. The summed E-state index contributed by atoms with van der Waals surface area (Å²) in [4.78, 5) is 10.5. The maximum Gasteiger partial charge on any atom is 0.327 e. The smallest absolute Gasteiger partial charge is 0.327 e. The molecule has 78 valence electrons. The molecule has 1 atom stereocenters. The second-order valence-corrected chi connectivity index (χ2v) is 3.89. The monoisotopic (exact) mass is 202 g/mol. The molecule has 2 rings (SSSR count). The van der Waals surface area contributed by atoms with Gasteiger partial charge in [0.1, 0.15) is 0 Å². The summed E-state index contributed by atoms with van der Waals surface area (Å²) in [6.45, 7) is 0. The van der Waals surface area contributed by atoms with Crippen molar-refractivity contribution in [2.24, 2.45) is 0 Å². The molecule has 0 bridgehead atoms. The summed E-state index contributed by atoms with van der Waals surface area (Å²) in [6, 6.07) is 8.30. The Bertz CT molecular complexity index is 393. The van der Waals surface area contributed by atoms with E-state index in [0.29, 0.717) is 0 Å². The molecule has 1 unspecified atom stereocenters. The minimum Gasteiger partial charge on any atom is -0.478 e. The van der Waals surface area contributed by atoms with Gasteiger partial charge in [-0.2, -0.15) is 0 Å². The Labute approximate surface area is 89.2 Å². The van der Waals surface area contributed by atoms with Crippen molar-refractivity contribution < 1.29 is 9.90 Å². The lowest BCUT2D eigenvalue weighted by Crippen LogP contribution is -2.07. The first kappa shape index (κ1) is 9.97. The number of rotatable bonds is 2. The van der Waals surface area contributed by atoms with E-state index in [4.69, 9.17) is 5.11 Å². The highest BCUT2D eigenvalue weighted by molar-refractivity contribution is 5.79. The Hall–Kier alpha value is -1.57. The molecule has 15 heavy (non-hydrogen) atoms.